The quantitative estimate of drug-likeness (QED) is 0.374. The van der Waals surface area contributed by atoms with Crippen LogP contribution in [-0.4, -0.2) is 0 Å². The molecule has 0 saturated heterocycles. The topological polar surface area (TPSA) is 0 Å². The molecule has 0 fully saturated rings. The standard InChI is InChI=1S/Hf.Mo.W.Zr. The van der Waals surface area contributed by atoms with Gasteiger partial charge in [0.2, 0.25) is 0 Å². The largest absolute Gasteiger partial charge is 0 e. The van der Waals surface area contributed by atoms with Gasteiger partial charge >= 0.3 is 0 Å². The summed E-state index contributed by atoms with van der Waals surface area (Å²) in [6, 6.07) is 0. The Morgan fingerprint density at radius 2 is 1.00 bits per heavy atom. The normalized spacial score (nSPS) is 0. The van der Waals surface area contributed by atoms with Crippen molar-refractivity contribution >= 4 is 0 Å². The Bertz CT molecular complexity index is 8.00. The minimum atomic E-state index is 0. The first kappa shape index (κ1) is 27.3. The molecule has 0 aromatic carbocycles. The van der Waals surface area contributed by atoms with Crippen molar-refractivity contribution in [1.82, 2.24) is 0 Å². The molecule has 0 radical (unpaired) electrons. The van der Waals surface area contributed by atoms with Crippen LogP contribution in [0.5, 0.6) is 0 Å². The maximum Gasteiger partial charge on any atom is 0 e. The Balaban J connectivity index is 0. The second-order valence-corrected chi connectivity index (χ2v) is 0. The molecule has 0 aliphatic rings. The smallest absolute Gasteiger partial charge is 0 e. The van der Waals surface area contributed by atoms with Gasteiger partial charge in [0.25, 0.3) is 0 Å². The van der Waals surface area contributed by atoms with Gasteiger partial charge in [0.05, 0.1) is 0 Å². The molecule has 0 aromatic heterocycles. The van der Waals surface area contributed by atoms with E-state index in [1.807, 2.05) is 0 Å². The fourth-order valence-electron chi connectivity index (χ4n) is 0. The van der Waals surface area contributed by atoms with Gasteiger partial charge in [-0.3, -0.25) is 0 Å². The molecular weight excluding hydrogens is 549 g/mol. The third kappa shape index (κ3) is 8.93. The van der Waals surface area contributed by atoms with Crippen LogP contribution in [0.25, 0.3) is 0 Å². The van der Waals surface area contributed by atoms with Crippen LogP contribution in [0.3, 0.4) is 0 Å². The van der Waals surface area contributed by atoms with Gasteiger partial charge in [-0.15, -0.1) is 0 Å². The number of rotatable bonds is 0. The summed E-state index contributed by atoms with van der Waals surface area (Å²) in [5.74, 6) is 0. The molecule has 0 saturated carbocycles. The van der Waals surface area contributed by atoms with Gasteiger partial charge in [-0.25, -0.2) is 0 Å². The van der Waals surface area contributed by atoms with Gasteiger partial charge in [-0.05, 0) is 0 Å². The van der Waals surface area contributed by atoms with Crippen molar-refractivity contribution in [3.63, 3.8) is 0 Å². The number of hydrogen-bond acceptors (Lipinski definition) is 0. The van der Waals surface area contributed by atoms with Crippen molar-refractivity contribution in [3.05, 3.63) is 0 Å². The van der Waals surface area contributed by atoms with Crippen molar-refractivity contribution in [3.8, 4) is 0 Å². The summed E-state index contributed by atoms with van der Waals surface area (Å²) < 4.78 is 0. The SMILES string of the molecule is [Hf].[Mo].[W].[Zr]. The van der Waals surface area contributed by atoms with E-state index in [4.69, 9.17) is 0 Å². The summed E-state index contributed by atoms with van der Waals surface area (Å²) in [6.45, 7) is 0. The third-order valence-electron chi connectivity index (χ3n) is 0. The van der Waals surface area contributed by atoms with E-state index in [1.54, 1.807) is 0 Å². The first-order valence-corrected chi connectivity index (χ1v) is 0. The number of hydrogen-bond donors (Lipinski definition) is 0. The molecule has 0 N–H and O–H groups in total. The summed E-state index contributed by atoms with van der Waals surface area (Å²) in [5.41, 5.74) is 0. The van der Waals surface area contributed by atoms with Crippen LogP contribution in [0, 0.1) is 0 Å². The van der Waals surface area contributed by atoms with Crippen molar-refractivity contribution in [2.24, 2.45) is 0 Å². The van der Waals surface area contributed by atoms with Crippen molar-refractivity contribution < 1.29 is 94.2 Å². The Morgan fingerprint density at radius 1 is 1.00 bits per heavy atom. The van der Waals surface area contributed by atoms with E-state index in [0.29, 0.717) is 0 Å². The summed E-state index contributed by atoms with van der Waals surface area (Å²) in [5, 5.41) is 0. The van der Waals surface area contributed by atoms with Crippen molar-refractivity contribution in [2.45, 2.75) is 0 Å². The van der Waals surface area contributed by atoms with E-state index in [9.17, 15) is 0 Å². The van der Waals surface area contributed by atoms with E-state index in [0.717, 1.165) is 0 Å². The Labute approximate surface area is 92.3 Å². The maximum atomic E-state index is 0. The molecule has 0 spiro atoms. The van der Waals surface area contributed by atoms with Crippen LogP contribution in [0.4, 0.5) is 0 Å². The van der Waals surface area contributed by atoms with Gasteiger partial charge in [0, 0.05) is 94.2 Å². The first-order valence-electron chi connectivity index (χ1n) is 0. The predicted molar refractivity (Wildman–Crippen MR) is 0 cm³/mol. The molecule has 0 heterocycles. The van der Waals surface area contributed by atoms with Crippen LogP contribution in [0.1, 0.15) is 0 Å². The van der Waals surface area contributed by atoms with Crippen LogP contribution in [-0.2, 0) is 94.2 Å². The fraction of sp³-hybridized carbons (Fsp3) is 0. The Hall–Kier alpha value is 3.13. The average molecular weight is 549 g/mol. The van der Waals surface area contributed by atoms with Gasteiger partial charge < -0.3 is 0 Å². The molecular formula is HfMoWZr. The minimum Gasteiger partial charge on any atom is 0 e. The summed E-state index contributed by atoms with van der Waals surface area (Å²) in [7, 11) is 0. The third-order valence-corrected chi connectivity index (χ3v) is 0. The van der Waals surface area contributed by atoms with Crippen LogP contribution in [0.15, 0.2) is 0 Å². The zero-order valence-corrected chi connectivity index (χ0v) is 12.8. The molecule has 0 atom stereocenters. The van der Waals surface area contributed by atoms with Gasteiger partial charge in [0.1, 0.15) is 0 Å². The second-order valence-electron chi connectivity index (χ2n) is 0. The van der Waals surface area contributed by atoms with Crippen LogP contribution >= 0.6 is 0 Å². The molecule has 4 heteroatoms. The summed E-state index contributed by atoms with van der Waals surface area (Å²) >= 11 is 0. The zero-order chi connectivity index (χ0) is 0. The summed E-state index contributed by atoms with van der Waals surface area (Å²) in [6.07, 6.45) is 0. The van der Waals surface area contributed by atoms with Gasteiger partial charge in [-0.1, -0.05) is 0 Å². The average Bonchev–Trinajstić information content (AvgIpc) is 0. The van der Waals surface area contributed by atoms with Crippen molar-refractivity contribution in [2.75, 3.05) is 0 Å². The Kier molecular flexibility index (Phi) is 113. The van der Waals surface area contributed by atoms with Crippen molar-refractivity contribution in [1.29, 1.82) is 0 Å². The Morgan fingerprint density at radius 3 is 1.00 bits per heavy atom. The van der Waals surface area contributed by atoms with Gasteiger partial charge in [-0.2, -0.15) is 0 Å². The predicted octanol–water partition coefficient (Wildman–Crippen LogP) is -0.0100. The molecule has 0 aliphatic heterocycles. The summed E-state index contributed by atoms with van der Waals surface area (Å²) in [4.78, 5) is 0. The minimum absolute atomic E-state index is 0. The van der Waals surface area contributed by atoms with Crippen LogP contribution < -0.4 is 0 Å². The van der Waals surface area contributed by atoms with E-state index in [1.165, 1.54) is 0 Å². The van der Waals surface area contributed by atoms with E-state index >= 15 is 0 Å². The monoisotopic (exact) mass is 552 g/mol. The fourth-order valence-corrected chi connectivity index (χ4v) is 0. The first-order chi connectivity index (χ1) is 0. The zero-order valence-electron chi connectivity index (χ0n) is 1.82. The molecule has 4 heavy (non-hydrogen) atoms. The van der Waals surface area contributed by atoms with E-state index < -0.39 is 0 Å². The molecule has 0 aliphatic carbocycles. The molecule has 0 nitrogen and oxygen atoms in total. The molecule has 0 aromatic rings. The second kappa shape index (κ2) is 16.5. The molecule has 0 bridgehead atoms. The van der Waals surface area contributed by atoms with Crippen LogP contribution in [0.2, 0.25) is 0 Å². The molecule has 0 unspecified atom stereocenters. The van der Waals surface area contributed by atoms with E-state index in [2.05, 4.69) is 0 Å². The van der Waals surface area contributed by atoms with E-state index in [-0.39, 0.29) is 94.2 Å². The molecule has 20 valence electrons. The molecule has 0 rings (SSSR count). The maximum absolute atomic E-state index is 0. The van der Waals surface area contributed by atoms with Gasteiger partial charge in [0.15, 0.2) is 0 Å². The molecule has 0 amide bonds.